The summed E-state index contributed by atoms with van der Waals surface area (Å²) >= 11 is 0. The molecule has 2 amide bonds. The van der Waals surface area contributed by atoms with Crippen LogP contribution in [-0.2, 0) is 0 Å². The molecule has 0 aromatic heterocycles. The number of hydrogen-bond donors (Lipinski definition) is 3. The summed E-state index contributed by atoms with van der Waals surface area (Å²) in [5.41, 5.74) is 2.56. The molecule has 0 unspecified atom stereocenters. The molecule has 0 spiro atoms. The molecule has 1 aromatic carbocycles. The van der Waals surface area contributed by atoms with Crippen molar-refractivity contribution in [2.45, 2.75) is 32.2 Å². The normalized spacial score (nSPS) is 13.4. The summed E-state index contributed by atoms with van der Waals surface area (Å²) in [5.74, 6) is 5.85. The van der Waals surface area contributed by atoms with Crippen LogP contribution in [0, 0.1) is 18.8 Å². The average molecular weight is 258 g/mol. The smallest absolute Gasteiger partial charge is 0.319 e. The van der Waals surface area contributed by atoms with Crippen molar-refractivity contribution in [2.75, 3.05) is 11.9 Å². The summed E-state index contributed by atoms with van der Waals surface area (Å²) in [6, 6.07) is 5.86. The van der Waals surface area contributed by atoms with E-state index in [1.165, 1.54) is 0 Å². The van der Waals surface area contributed by atoms with Gasteiger partial charge in [0.05, 0.1) is 12.3 Å². The van der Waals surface area contributed by atoms with E-state index >= 15 is 0 Å². The van der Waals surface area contributed by atoms with E-state index in [2.05, 4.69) is 22.5 Å². The third-order valence-corrected chi connectivity index (χ3v) is 2.80. The molecule has 1 aliphatic rings. The Morgan fingerprint density at radius 2 is 2.26 bits per heavy atom. The van der Waals surface area contributed by atoms with Crippen molar-refractivity contribution in [3.63, 3.8) is 0 Å². The molecule has 0 saturated heterocycles. The van der Waals surface area contributed by atoms with Crippen molar-refractivity contribution in [1.82, 2.24) is 5.32 Å². The number of carbonyl (C=O) groups excluding carboxylic acids is 1. The third kappa shape index (κ3) is 4.31. The maximum absolute atomic E-state index is 11.7. The fraction of sp³-hybridized carbons (Fsp3) is 0.400. The van der Waals surface area contributed by atoms with Crippen LogP contribution in [0.1, 0.15) is 30.4 Å². The molecule has 3 N–H and O–H groups in total. The minimum atomic E-state index is -0.184. The molecular weight excluding hydrogens is 240 g/mol. The van der Waals surface area contributed by atoms with Crippen molar-refractivity contribution in [1.29, 1.82) is 0 Å². The first-order valence-electron chi connectivity index (χ1n) is 6.47. The van der Waals surface area contributed by atoms with E-state index < -0.39 is 0 Å². The number of hydrogen-bond acceptors (Lipinski definition) is 2. The van der Waals surface area contributed by atoms with Crippen molar-refractivity contribution < 1.29 is 9.90 Å². The highest BCUT2D eigenvalue weighted by Crippen LogP contribution is 2.20. The van der Waals surface area contributed by atoms with Gasteiger partial charge in [-0.25, -0.2) is 4.79 Å². The van der Waals surface area contributed by atoms with E-state index in [0.29, 0.717) is 18.2 Å². The first-order valence-corrected chi connectivity index (χ1v) is 6.47. The molecule has 100 valence electrons. The lowest BCUT2D eigenvalue weighted by molar-refractivity contribution is 0.251. The summed E-state index contributed by atoms with van der Waals surface area (Å²) < 4.78 is 0. The van der Waals surface area contributed by atoms with Crippen molar-refractivity contribution >= 4 is 11.7 Å². The van der Waals surface area contributed by atoms with Crippen molar-refractivity contribution in [3.8, 4) is 11.8 Å². The van der Waals surface area contributed by atoms with Crippen molar-refractivity contribution in [3.05, 3.63) is 29.3 Å². The first-order chi connectivity index (χ1) is 9.19. The molecule has 1 aliphatic carbocycles. The quantitative estimate of drug-likeness (QED) is 0.726. The Morgan fingerprint density at radius 1 is 1.47 bits per heavy atom. The zero-order valence-corrected chi connectivity index (χ0v) is 11.0. The second kappa shape index (κ2) is 6.26. The van der Waals surface area contributed by atoms with Crippen LogP contribution < -0.4 is 10.6 Å². The maximum Gasteiger partial charge on any atom is 0.319 e. The lowest BCUT2D eigenvalue weighted by Crippen LogP contribution is -2.30. The summed E-state index contributed by atoms with van der Waals surface area (Å²) in [6.07, 6.45) is 2.55. The summed E-state index contributed by atoms with van der Waals surface area (Å²) in [4.78, 5) is 11.7. The minimum Gasteiger partial charge on any atom is -0.395 e. The largest absolute Gasteiger partial charge is 0.395 e. The number of nitrogens with one attached hydrogen (secondary N) is 2. The average Bonchev–Trinajstić information content (AvgIpc) is 3.16. The van der Waals surface area contributed by atoms with Gasteiger partial charge in [0.1, 0.15) is 0 Å². The summed E-state index contributed by atoms with van der Waals surface area (Å²) in [6.45, 7) is 2.02. The topological polar surface area (TPSA) is 61.4 Å². The number of carbonyl (C=O) groups is 1. The van der Waals surface area contributed by atoms with Crippen molar-refractivity contribution in [2.24, 2.45) is 0 Å². The monoisotopic (exact) mass is 258 g/mol. The van der Waals surface area contributed by atoms with Gasteiger partial charge < -0.3 is 15.7 Å². The number of anilines is 1. The van der Waals surface area contributed by atoms with Crippen LogP contribution >= 0.6 is 0 Å². The van der Waals surface area contributed by atoms with E-state index in [9.17, 15) is 4.79 Å². The molecule has 0 aliphatic heterocycles. The van der Waals surface area contributed by atoms with Gasteiger partial charge in [-0.05, 0) is 37.5 Å². The predicted molar refractivity (Wildman–Crippen MR) is 74.9 cm³/mol. The molecule has 4 nitrogen and oxygen atoms in total. The van der Waals surface area contributed by atoms with E-state index in [4.69, 9.17) is 5.11 Å². The molecule has 1 saturated carbocycles. The molecule has 0 bridgehead atoms. The van der Waals surface area contributed by atoms with Gasteiger partial charge in [0, 0.05) is 18.0 Å². The highest BCUT2D eigenvalue weighted by atomic mass is 16.2. The molecule has 4 heteroatoms. The molecule has 0 atom stereocenters. The van der Waals surface area contributed by atoms with Gasteiger partial charge in [-0.15, -0.1) is 0 Å². The van der Waals surface area contributed by atoms with Crippen LogP contribution in [0.15, 0.2) is 18.2 Å². The fourth-order valence-electron chi connectivity index (χ4n) is 1.66. The molecular formula is C15H18N2O2. The minimum absolute atomic E-state index is 0.0454. The van der Waals surface area contributed by atoms with Crippen LogP contribution in [0.2, 0.25) is 0 Å². The van der Waals surface area contributed by atoms with Crippen LogP contribution in [0.25, 0.3) is 0 Å². The van der Waals surface area contributed by atoms with Crippen LogP contribution in [-0.4, -0.2) is 23.8 Å². The molecule has 0 heterocycles. The Labute approximate surface area is 113 Å². The number of aliphatic hydroxyl groups is 1. The molecule has 0 radical (unpaired) electrons. The van der Waals surface area contributed by atoms with E-state index in [-0.39, 0.29) is 12.6 Å². The van der Waals surface area contributed by atoms with E-state index in [1.54, 1.807) is 0 Å². The van der Waals surface area contributed by atoms with Crippen LogP contribution in [0.4, 0.5) is 10.5 Å². The number of rotatable bonds is 3. The number of amides is 2. The van der Waals surface area contributed by atoms with Gasteiger partial charge in [-0.1, -0.05) is 17.9 Å². The van der Waals surface area contributed by atoms with Gasteiger partial charge in [0.25, 0.3) is 0 Å². The van der Waals surface area contributed by atoms with E-state index in [0.717, 1.165) is 24.0 Å². The maximum atomic E-state index is 11.7. The van der Waals surface area contributed by atoms with Gasteiger partial charge in [0.15, 0.2) is 0 Å². The zero-order valence-electron chi connectivity index (χ0n) is 11.0. The summed E-state index contributed by atoms with van der Waals surface area (Å²) in [7, 11) is 0. The van der Waals surface area contributed by atoms with Crippen LogP contribution in [0.5, 0.6) is 0 Å². The number of aryl methyl sites for hydroxylation is 1. The van der Waals surface area contributed by atoms with Gasteiger partial charge in [-0.3, -0.25) is 0 Å². The number of benzene rings is 1. The Balaban J connectivity index is 2.09. The number of aliphatic hydroxyl groups excluding tert-OH is 1. The Kier molecular flexibility index (Phi) is 4.43. The molecule has 19 heavy (non-hydrogen) atoms. The highest BCUT2D eigenvalue weighted by Gasteiger charge is 2.23. The Bertz CT molecular complexity index is 525. The Morgan fingerprint density at radius 3 is 2.95 bits per heavy atom. The van der Waals surface area contributed by atoms with E-state index in [1.807, 2.05) is 25.1 Å². The molecule has 2 rings (SSSR count). The zero-order chi connectivity index (χ0) is 13.7. The molecule has 1 aromatic rings. The second-order valence-corrected chi connectivity index (χ2v) is 4.70. The molecule has 1 fully saturated rings. The van der Waals surface area contributed by atoms with Gasteiger partial charge in [0.2, 0.25) is 0 Å². The van der Waals surface area contributed by atoms with Gasteiger partial charge in [-0.2, -0.15) is 0 Å². The summed E-state index contributed by atoms with van der Waals surface area (Å²) in [5, 5.41) is 14.4. The fourth-order valence-corrected chi connectivity index (χ4v) is 1.66. The first kappa shape index (κ1) is 13.4. The van der Waals surface area contributed by atoms with Gasteiger partial charge >= 0.3 is 6.03 Å². The second-order valence-electron chi connectivity index (χ2n) is 4.70. The Hall–Kier alpha value is -1.99. The van der Waals surface area contributed by atoms with Crippen LogP contribution in [0.3, 0.4) is 0 Å². The highest BCUT2D eigenvalue weighted by molar-refractivity contribution is 5.91. The SMILES string of the molecule is Cc1ccc(NC(=O)NC2CC2)c(C#CCCO)c1. The number of urea groups is 1. The lowest BCUT2D eigenvalue weighted by atomic mass is 10.1. The lowest BCUT2D eigenvalue weighted by Gasteiger charge is -2.09. The standard InChI is InChI=1S/C15H18N2O2/c1-11-5-8-14(12(10-11)4-2-3-9-18)17-15(19)16-13-6-7-13/h5,8,10,13,18H,3,6-7,9H2,1H3,(H2,16,17,19). The predicted octanol–water partition coefficient (Wildman–Crippen LogP) is 2.01. The third-order valence-electron chi connectivity index (χ3n) is 2.80.